The highest BCUT2D eigenvalue weighted by Crippen LogP contribution is 2.22. The molecule has 1 heterocycles. The molecule has 0 radical (unpaired) electrons. The predicted molar refractivity (Wildman–Crippen MR) is 52.6 cm³/mol. The van der Waals surface area contributed by atoms with Crippen LogP contribution >= 0.6 is 0 Å². The Morgan fingerprint density at radius 2 is 2.21 bits per heavy atom. The zero-order valence-corrected chi connectivity index (χ0v) is 8.36. The van der Waals surface area contributed by atoms with Crippen LogP contribution in [-0.2, 0) is 9.59 Å². The van der Waals surface area contributed by atoms with Gasteiger partial charge in [0.2, 0.25) is 5.91 Å². The van der Waals surface area contributed by atoms with Gasteiger partial charge in [0.05, 0.1) is 0 Å². The lowest BCUT2D eigenvalue weighted by Gasteiger charge is -2.13. The summed E-state index contributed by atoms with van der Waals surface area (Å²) in [6, 6.07) is -0.488. The van der Waals surface area contributed by atoms with Crippen LogP contribution in [0, 0.1) is 11.8 Å². The van der Waals surface area contributed by atoms with Gasteiger partial charge in [-0.15, -0.1) is 0 Å². The number of primary amides is 1. The Hall–Kier alpha value is -1.39. The van der Waals surface area contributed by atoms with Gasteiger partial charge in [0.25, 0.3) is 0 Å². The molecule has 78 valence electrons. The lowest BCUT2D eigenvalue weighted by atomic mass is 9.91. The van der Waals surface area contributed by atoms with Gasteiger partial charge in [-0.3, -0.25) is 14.6 Å². The molecule has 3 atom stereocenters. The van der Waals surface area contributed by atoms with Crippen molar-refractivity contribution in [3.8, 4) is 0 Å². The first-order chi connectivity index (χ1) is 6.49. The SMILES string of the molecule is CCC(C)C1N=C(N)C(C(N)=O)C1=O. The summed E-state index contributed by atoms with van der Waals surface area (Å²) in [6.45, 7) is 3.87. The molecule has 0 saturated heterocycles. The summed E-state index contributed by atoms with van der Waals surface area (Å²) in [5.74, 6) is -1.81. The molecular formula is C9H15N3O2. The molecule has 0 aliphatic carbocycles. The molecule has 0 bridgehead atoms. The van der Waals surface area contributed by atoms with Gasteiger partial charge in [0, 0.05) is 0 Å². The van der Waals surface area contributed by atoms with Crippen LogP contribution in [0.3, 0.4) is 0 Å². The van der Waals surface area contributed by atoms with Crippen molar-refractivity contribution in [2.24, 2.45) is 28.3 Å². The predicted octanol–water partition coefficient (Wildman–Crippen LogP) is -0.557. The Bertz CT molecular complexity index is 298. The van der Waals surface area contributed by atoms with Crippen LogP contribution in [0.5, 0.6) is 0 Å². The van der Waals surface area contributed by atoms with Gasteiger partial charge in [0.15, 0.2) is 11.7 Å². The first-order valence-electron chi connectivity index (χ1n) is 4.65. The largest absolute Gasteiger partial charge is 0.386 e. The van der Waals surface area contributed by atoms with Crippen LogP contribution in [-0.4, -0.2) is 23.6 Å². The minimum atomic E-state index is -1.01. The monoisotopic (exact) mass is 197 g/mol. The molecule has 4 N–H and O–H groups in total. The summed E-state index contributed by atoms with van der Waals surface area (Å²) in [4.78, 5) is 26.6. The summed E-state index contributed by atoms with van der Waals surface area (Å²) in [5.41, 5.74) is 10.5. The molecule has 1 aliphatic rings. The van der Waals surface area contributed by atoms with Gasteiger partial charge in [0.1, 0.15) is 11.9 Å². The zero-order valence-electron chi connectivity index (χ0n) is 8.36. The van der Waals surface area contributed by atoms with Crippen molar-refractivity contribution in [1.82, 2.24) is 0 Å². The number of rotatable bonds is 3. The van der Waals surface area contributed by atoms with Crippen LogP contribution < -0.4 is 11.5 Å². The molecule has 1 aliphatic heterocycles. The first-order valence-corrected chi connectivity index (χ1v) is 4.65. The van der Waals surface area contributed by atoms with Crippen LogP contribution in [0.15, 0.2) is 4.99 Å². The lowest BCUT2D eigenvalue weighted by Crippen LogP contribution is -2.39. The number of ketones is 1. The Kier molecular flexibility index (Phi) is 2.88. The average molecular weight is 197 g/mol. The second kappa shape index (κ2) is 3.77. The molecule has 0 fully saturated rings. The van der Waals surface area contributed by atoms with E-state index in [0.29, 0.717) is 0 Å². The summed E-state index contributed by atoms with van der Waals surface area (Å²) in [7, 11) is 0. The lowest BCUT2D eigenvalue weighted by molar-refractivity contribution is -0.129. The number of Topliss-reactive ketones (excluding diaryl/α,β-unsaturated/α-hetero) is 1. The first kappa shape index (κ1) is 10.7. The van der Waals surface area contributed by atoms with E-state index in [2.05, 4.69) is 4.99 Å². The van der Waals surface area contributed by atoms with Gasteiger partial charge in [-0.05, 0) is 5.92 Å². The van der Waals surface area contributed by atoms with E-state index in [1.807, 2.05) is 13.8 Å². The van der Waals surface area contributed by atoms with E-state index in [1.165, 1.54) is 0 Å². The third-order valence-electron chi connectivity index (χ3n) is 2.63. The van der Waals surface area contributed by atoms with Crippen LogP contribution in [0.25, 0.3) is 0 Å². The minimum absolute atomic E-state index is 0.0628. The number of nitrogens with zero attached hydrogens (tertiary/aromatic N) is 1. The highest BCUT2D eigenvalue weighted by molar-refractivity contribution is 6.23. The van der Waals surface area contributed by atoms with E-state index in [9.17, 15) is 9.59 Å². The van der Waals surface area contributed by atoms with Gasteiger partial charge >= 0.3 is 0 Å². The van der Waals surface area contributed by atoms with Crippen molar-refractivity contribution < 1.29 is 9.59 Å². The number of carbonyl (C=O) groups is 2. The fraction of sp³-hybridized carbons (Fsp3) is 0.667. The molecule has 14 heavy (non-hydrogen) atoms. The van der Waals surface area contributed by atoms with E-state index in [0.717, 1.165) is 6.42 Å². The Labute approximate surface area is 82.6 Å². The number of amides is 1. The van der Waals surface area contributed by atoms with Crippen LogP contribution in [0.2, 0.25) is 0 Å². The third kappa shape index (κ3) is 1.62. The van der Waals surface area contributed by atoms with E-state index in [4.69, 9.17) is 11.5 Å². The smallest absolute Gasteiger partial charge is 0.235 e. The van der Waals surface area contributed by atoms with Crippen LogP contribution in [0.4, 0.5) is 0 Å². The van der Waals surface area contributed by atoms with Crippen LogP contribution in [0.1, 0.15) is 20.3 Å². The normalized spacial score (nSPS) is 28.7. The highest BCUT2D eigenvalue weighted by atomic mass is 16.2. The van der Waals surface area contributed by atoms with Crippen molar-refractivity contribution in [2.45, 2.75) is 26.3 Å². The van der Waals surface area contributed by atoms with E-state index in [-0.39, 0.29) is 17.5 Å². The van der Waals surface area contributed by atoms with Crippen molar-refractivity contribution >= 4 is 17.5 Å². The molecule has 1 amide bonds. The zero-order chi connectivity index (χ0) is 10.9. The number of nitrogens with two attached hydrogens (primary N) is 2. The fourth-order valence-corrected chi connectivity index (χ4v) is 1.53. The maximum atomic E-state index is 11.7. The highest BCUT2D eigenvalue weighted by Gasteiger charge is 2.41. The second-order valence-electron chi connectivity index (χ2n) is 3.62. The number of hydrogen-bond donors (Lipinski definition) is 2. The maximum Gasteiger partial charge on any atom is 0.235 e. The fourth-order valence-electron chi connectivity index (χ4n) is 1.53. The van der Waals surface area contributed by atoms with Crippen molar-refractivity contribution in [3.05, 3.63) is 0 Å². The van der Waals surface area contributed by atoms with E-state index >= 15 is 0 Å². The molecular weight excluding hydrogens is 182 g/mol. The summed E-state index contributed by atoms with van der Waals surface area (Å²) in [5, 5.41) is 0. The Morgan fingerprint density at radius 3 is 2.57 bits per heavy atom. The van der Waals surface area contributed by atoms with Gasteiger partial charge < -0.3 is 11.5 Å². The summed E-state index contributed by atoms with van der Waals surface area (Å²) >= 11 is 0. The Balaban J connectivity index is 2.88. The molecule has 0 saturated carbocycles. The molecule has 3 unspecified atom stereocenters. The van der Waals surface area contributed by atoms with Crippen molar-refractivity contribution in [3.63, 3.8) is 0 Å². The van der Waals surface area contributed by atoms with Crippen molar-refractivity contribution in [2.75, 3.05) is 0 Å². The van der Waals surface area contributed by atoms with Gasteiger partial charge in [-0.2, -0.15) is 0 Å². The standard InChI is InChI=1S/C9H15N3O2/c1-3-4(2)6-7(13)5(9(11)14)8(10)12-6/h4-6H,3H2,1-2H3,(H2,10,12)(H2,11,14). The number of aliphatic imine (C=N–C) groups is 1. The third-order valence-corrected chi connectivity index (χ3v) is 2.63. The maximum absolute atomic E-state index is 11.7. The summed E-state index contributed by atoms with van der Waals surface area (Å²) < 4.78 is 0. The Morgan fingerprint density at radius 1 is 1.64 bits per heavy atom. The number of hydrogen-bond acceptors (Lipinski definition) is 4. The quantitative estimate of drug-likeness (QED) is 0.593. The molecule has 0 aromatic carbocycles. The number of amidine groups is 1. The van der Waals surface area contributed by atoms with Gasteiger partial charge in [-0.25, -0.2) is 0 Å². The molecule has 0 spiro atoms. The van der Waals surface area contributed by atoms with Gasteiger partial charge in [-0.1, -0.05) is 20.3 Å². The van der Waals surface area contributed by atoms with E-state index < -0.39 is 17.9 Å². The summed E-state index contributed by atoms with van der Waals surface area (Å²) in [6.07, 6.45) is 0.818. The molecule has 5 nitrogen and oxygen atoms in total. The second-order valence-corrected chi connectivity index (χ2v) is 3.62. The molecule has 1 rings (SSSR count). The average Bonchev–Trinajstić information content (AvgIpc) is 2.40. The number of carbonyl (C=O) groups excluding carboxylic acids is 2. The minimum Gasteiger partial charge on any atom is -0.386 e. The molecule has 5 heteroatoms. The molecule has 0 aromatic heterocycles. The molecule has 0 aromatic rings. The van der Waals surface area contributed by atoms with Crippen molar-refractivity contribution in [1.29, 1.82) is 0 Å². The topological polar surface area (TPSA) is 98.5 Å². The van der Waals surface area contributed by atoms with E-state index in [1.54, 1.807) is 0 Å².